The molecule has 1 heterocycles. The zero-order valence-corrected chi connectivity index (χ0v) is 12.8. The fourth-order valence-electron chi connectivity index (χ4n) is 2.85. The van der Waals surface area contributed by atoms with Crippen molar-refractivity contribution in [3.63, 3.8) is 0 Å². The molecule has 3 rings (SSSR count). The third-order valence-corrected chi connectivity index (χ3v) is 3.83. The number of anilines is 1. The molecule has 1 unspecified atom stereocenters. The monoisotopic (exact) mass is 296 g/mol. The van der Waals surface area contributed by atoms with E-state index < -0.39 is 0 Å². The number of carbonyl (C=O) groups excluding carboxylic acids is 1. The van der Waals surface area contributed by atoms with Gasteiger partial charge in [0.1, 0.15) is 11.4 Å². The number of para-hydroxylation sites is 1. The lowest BCUT2D eigenvalue weighted by Crippen LogP contribution is -2.41. The maximum Gasteiger partial charge on any atom is 0.251 e. The van der Waals surface area contributed by atoms with Crippen molar-refractivity contribution in [1.29, 1.82) is 0 Å². The maximum atomic E-state index is 12.5. The van der Waals surface area contributed by atoms with E-state index in [0.29, 0.717) is 11.3 Å². The fraction of sp³-hybridized carbons (Fsp3) is 0.278. The third kappa shape index (κ3) is 2.91. The van der Waals surface area contributed by atoms with E-state index in [9.17, 15) is 4.79 Å². The molecule has 2 aromatic carbocycles. The minimum Gasteiger partial charge on any atom is -0.487 e. The Bertz CT molecular complexity index is 710. The number of nitrogens with two attached hydrogens (primary N) is 1. The molecule has 0 fully saturated rings. The molecule has 4 nitrogen and oxygen atoms in total. The van der Waals surface area contributed by atoms with Gasteiger partial charge in [-0.15, -0.1) is 0 Å². The number of nitrogen functional groups attached to an aromatic ring is 1. The van der Waals surface area contributed by atoms with Crippen LogP contribution in [0.25, 0.3) is 0 Å². The second-order valence-electron chi connectivity index (χ2n) is 6.26. The number of nitrogens with one attached hydrogen (secondary N) is 1. The van der Waals surface area contributed by atoms with Crippen molar-refractivity contribution in [3.8, 4) is 5.75 Å². The van der Waals surface area contributed by atoms with Crippen LogP contribution in [0.1, 0.15) is 42.2 Å². The Morgan fingerprint density at radius 2 is 2.00 bits per heavy atom. The standard InChI is InChI=1S/C18H20N2O2/c1-18(2)11-15(14-8-3-4-9-16(14)22-18)20-17(21)12-6-5-7-13(19)10-12/h3-10,15H,11,19H2,1-2H3,(H,20,21). The highest BCUT2D eigenvalue weighted by Crippen LogP contribution is 2.39. The Morgan fingerprint density at radius 3 is 2.77 bits per heavy atom. The van der Waals surface area contributed by atoms with Gasteiger partial charge in [-0.05, 0) is 38.1 Å². The quantitative estimate of drug-likeness (QED) is 0.836. The van der Waals surface area contributed by atoms with Crippen molar-refractivity contribution in [3.05, 3.63) is 59.7 Å². The fourth-order valence-corrected chi connectivity index (χ4v) is 2.85. The van der Waals surface area contributed by atoms with Gasteiger partial charge in [0.2, 0.25) is 0 Å². The molecule has 22 heavy (non-hydrogen) atoms. The highest BCUT2D eigenvalue weighted by atomic mass is 16.5. The molecule has 1 amide bonds. The topological polar surface area (TPSA) is 64.4 Å². The molecule has 0 radical (unpaired) electrons. The molecular weight excluding hydrogens is 276 g/mol. The number of benzene rings is 2. The van der Waals surface area contributed by atoms with Crippen molar-refractivity contribution in [1.82, 2.24) is 5.32 Å². The van der Waals surface area contributed by atoms with E-state index >= 15 is 0 Å². The van der Waals surface area contributed by atoms with Gasteiger partial charge in [-0.25, -0.2) is 0 Å². The second-order valence-corrected chi connectivity index (χ2v) is 6.26. The van der Waals surface area contributed by atoms with Gasteiger partial charge in [0.05, 0.1) is 6.04 Å². The number of hydrogen-bond donors (Lipinski definition) is 2. The van der Waals surface area contributed by atoms with Gasteiger partial charge >= 0.3 is 0 Å². The van der Waals surface area contributed by atoms with Gasteiger partial charge in [0.25, 0.3) is 5.91 Å². The minimum atomic E-state index is -0.317. The number of amides is 1. The molecule has 4 heteroatoms. The molecule has 3 N–H and O–H groups in total. The van der Waals surface area contributed by atoms with E-state index in [1.54, 1.807) is 24.3 Å². The summed E-state index contributed by atoms with van der Waals surface area (Å²) >= 11 is 0. The Kier molecular flexibility index (Phi) is 3.53. The molecule has 0 aromatic heterocycles. The van der Waals surface area contributed by atoms with Crippen LogP contribution >= 0.6 is 0 Å². The minimum absolute atomic E-state index is 0.0751. The van der Waals surface area contributed by atoms with Crippen molar-refractivity contribution in [2.45, 2.75) is 31.9 Å². The lowest BCUT2D eigenvalue weighted by molar-refractivity contribution is 0.0620. The van der Waals surface area contributed by atoms with Crippen molar-refractivity contribution in [2.24, 2.45) is 0 Å². The smallest absolute Gasteiger partial charge is 0.251 e. The molecule has 1 aliphatic heterocycles. The number of carbonyl (C=O) groups is 1. The zero-order chi connectivity index (χ0) is 15.7. The maximum absolute atomic E-state index is 12.5. The van der Waals surface area contributed by atoms with Crippen LogP contribution in [0, 0.1) is 0 Å². The van der Waals surface area contributed by atoms with Gasteiger partial charge in [-0.3, -0.25) is 4.79 Å². The van der Waals surface area contributed by atoms with Crippen LogP contribution in [0.5, 0.6) is 5.75 Å². The Morgan fingerprint density at radius 1 is 1.23 bits per heavy atom. The van der Waals surface area contributed by atoms with Crippen LogP contribution < -0.4 is 15.8 Å². The number of hydrogen-bond acceptors (Lipinski definition) is 3. The number of ether oxygens (including phenoxy) is 1. The summed E-state index contributed by atoms with van der Waals surface area (Å²) in [5.74, 6) is 0.710. The van der Waals surface area contributed by atoms with Crippen LogP contribution in [-0.2, 0) is 0 Å². The summed E-state index contributed by atoms with van der Waals surface area (Å²) in [6.45, 7) is 4.06. The SMILES string of the molecule is CC1(C)CC(NC(=O)c2cccc(N)c2)c2ccccc2O1. The van der Waals surface area contributed by atoms with Gasteiger partial charge in [-0.2, -0.15) is 0 Å². The number of fused-ring (bicyclic) bond motifs is 1. The van der Waals surface area contributed by atoms with Gasteiger partial charge in [0.15, 0.2) is 0 Å². The van der Waals surface area contributed by atoms with E-state index in [-0.39, 0.29) is 17.6 Å². The van der Waals surface area contributed by atoms with E-state index in [0.717, 1.165) is 17.7 Å². The molecule has 0 saturated carbocycles. The molecule has 2 aromatic rings. The Balaban J connectivity index is 1.87. The van der Waals surface area contributed by atoms with Crippen molar-refractivity contribution >= 4 is 11.6 Å². The molecular formula is C18H20N2O2. The Labute approximate surface area is 130 Å². The summed E-state index contributed by atoms with van der Waals surface area (Å²) in [4.78, 5) is 12.5. The molecule has 0 spiro atoms. The van der Waals surface area contributed by atoms with Crippen LogP contribution in [0.4, 0.5) is 5.69 Å². The summed E-state index contributed by atoms with van der Waals surface area (Å²) in [7, 11) is 0. The highest BCUT2D eigenvalue weighted by Gasteiger charge is 2.34. The Hall–Kier alpha value is -2.49. The summed E-state index contributed by atoms with van der Waals surface area (Å²) in [5, 5.41) is 3.10. The molecule has 0 bridgehead atoms. The molecule has 1 atom stereocenters. The zero-order valence-electron chi connectivity index (χ0n) is 12.8. The first-order chi connectivity index (χ1) is 10.4. The summed E-state index contributed by atoms with van der Waals surface area (Å²) in [6.07, 6.45) is 0.720. The van der Waals surface area contributed by atoms with Gasteiger partial charge in [0, 0.05) is 23.2 Å². The van der Waals surface area contributed by atoms with E-state index in [1.807, 2.05) is 38.1 Å². The van der Waals surface area contributed by atoms with E-state index in [4.69, 9.17) is 10.5 Å². The van der Waals surface area contributed by atoms with E-state index in [2.05, 4.69) is 5.32 Å². The van der Waals surface area contributed by atoms with E-state index in [1.165, 1.54) is 0 Å². The predicted octanol–water partition coefficient (Wildman–Crippen LogP) is 3.30. The van der Waals surface area contributed by atoms with Crippen molar-refractivity contribution < 1.29 is 9.53 Å². The van der Waals surface area contributed by atoms with Gasteiger partial charge in [-0.1, -0.05) is 24.3 Å². The first-order valence-electron chi connectivity index (χ1n) is 7.39. The lowest BCUT2D eigenvalue weighted by Gasteiger charge is -2.37. The second kappa shape index (κ2) is 5.37. The summed E-state index contributed by atoms with van der Waals surface area (Å²) < 4.78 is 5.98. The van der Waals surface area contributed by atoms with Gasteiger partial charge < -0.3 is 15.8 Å². The van der Waals surface area contributed by atoms with Crippen LogP contribution in [0.15, 0.2) is 48.5 Å². The average molecular weight is 296 g/mol. The summed E-state index contributed by atoms with van der Waals surface area (Å²) in [6, 6.07) is 14.8. The molecule has 1 aliphatic rings. The van der Waals surface area contributed by atoms with Crippen LogP contribution in [0.3, 0.4) is 0 Å². The van der Waals surface area contributed by atoms with Crippen LogP contribution in [-0.4, -0.2) is 11.5 Å². The summed E-state index contributed by atoms with van der Waals surface area (Å²) in [5.41, 5.74) is 7.60. The molecule has 0 saturated heterocycles. The molecule has 0 aliphatic carbocycles. The van der Waals surface area contributed by atoms with Crippen molar-refractivity contribution in [2.75, 3.05) is 5.73 Å². The first-order valence-corrected chi connectivity index (χ1v) is 7.39. The predicted molar refractivity (Wildman–Crippen MR) is 86.8 cm³/mol. The normalized spacial score (nSPS) is 18.9. The lowest BCUT2D eigenvalue weighted by atomic mass is 9.89. The van der Waals surface area contributed by atoms with Crippen LogP contribution in [0.2, 0.25) is 0 Å². The number of rotatable bonds is 2. The first kappa shape index (κ1) is 14.4. The largest absolute Gasteiger partial charge is 0.487 e. The highest BCUT2D eigenvalue weighted by molar-refractivity contribution is 5.95. The third-order valence-electron chi connectivity index (χ3n) is 3.83. The average Bonchev–Trinajstić information content (AvgIpc) is 2.46. The molecule has 114 valence electrons.